The van der Waals surface area contributed by atoms with Crippen LogP contribution in [0.1, 0.15) is 31.4 Å². The van der Waals surface area contributed by atoms with Gasteiger partial charge in [0.25, 0.3) is 0 Å². The largest absolute Gasteiger partial charge is 0.313 e. The van der Waals surface area contributed by atoms with E-state index in [0.29, 0.717) is 6.04 Å². The zero-order valence-corrected chi connectivity index (χ0v) is 12.3. The summed E-state index contributed by atoms with van der Waals surface area (Å²) in [5.74, 6) is 1.21. The van der Waals surface area contributed by atoms with Gasteiger partial charge in [-0.15, -0.1) is 11.8 Å². The minimum absolute atomic E-state index is 0.434. The molecule has 0 amide bonds. The molecule has 3 heteroatoms. The van der Waals surface area contributed by atoms with Gasteiger partial charge in [0, 0.05) is 23.2 Å². The van der Waals surface area contributed by atoms with E-state index in [1.54, 1.807) is 0 Å². The van der Waals surface area contributed by atoms with Crippen LogP contribution in [0.2, 0.25) is 0 Å². The highest BCUT2D eigenvalue weighted by Crippen LogP contribution is 2.22. The fraction of sp³-hybridized carbons (Fsp3) is 0.600. The topological polar surface area (TPSA) is 15.3 Å². The van der Waals surface area contributed by atoms with Gasteiger partial charge in [-0.3, -0.25) is 0 Å². The van der Waals surface area contributed by atoms with E-state index in [-0.39, 0.29) is 0 Å². The monoisotopic (exact) mass is 264 g/mol. The predicted molar refractivity (Wildman–Crippen MR) is 80.3 cm³/mol. The van der Waals surface area contributed by atoms with Crippen LogP contribution >= 0.6 is 11.8 Å². The van der Waals surface area contributed by atoms with Crippen LogP contribution < -0.4 is 5.32 Å². The summed E-state index contributed by atoms with van der Waals surface area (Å²) in [5.41, 5.74) is 1.38. The number of nitrogens with zero attached hydrogens (tertiary/aromatic N) is 1. The van der Waals surface area contributed by atoms with Crippen LogP contribution in [0, 0.1) is 0 Å². The number of nitrogens with one attached hydrogen (secondary N) is 1. The molecule has 1 aliphatic heterocycles. The van der Waals surface area contributed by atoms with Gasteiger partial charge in [0.1, 0.15) is 0 Å². The molecule has 1 unspecified atom stereocenters. The van der Waals surface area contributed by atoms with Gasteiger partial charge in [0.15, 0.2) is 0 Å². The van der Waals surface area contributed by atoms with Crippen LogP contribution in [-0.4, -0.2) is 37.3 Å². The molecular formula is C15H24N2S. The standard InChI is InChI=1S/C15H24N2S/c1-13(16-2)14-6-5-7-15(12-14)18-11-10-17-8-3-4-9-17/h5-7,12-13,16H,3-4,8-11H2,1-2H3. The Morgan fingerprint density at radius 3 is 2.83 bits per heavy atom. The van der Waals surface area contributed by atoms with E-state index in [4.69, 9.17) is 0 Å². The Morgan fingerprint density at radius 2 is 2.11 bits per heavy atom. The zero-order valence-electron chi connectivity index (χ0n) is 11.5. The quantitative estimate of drug-likeness (QED) is 0.795. The Morgan fingerprint density at radius 1 is 1.33 bits per heavy atom. The van der Waals surface area contributed by atoms with Crippen molar-refractivity contribution >= 4 is 11.8 Å². The van der Waals surface area contributed by atoms with Crippen molar-refractivity contribution in [3.63, 3.8) is 0 Å². The molecular weight excluding hydrogens is 240 g/mol. The normalized spacial score (nSPS) is 18.1. The van der Waals surface area contributed by atoms with Crippen molar-refractivity contribution in [3.05, 3.63) is 29.8 Å². The molecule has 1 N–H and O–H groups in total. The Kier molecular flexibility index (Phi) is 5.54. The van der Waals surface area contributed by atoms with Crippen molar-refractivity contribution < 1.29 is 0 Å². The van der Waals surface area contributed by atoms with Crippen LogP contribution in [0.5, 0.6) is 0 Å². The Bertz CT molecular complexity index is 361. The molecule has 0 aromatic heterocycles. The predicted octanol–water partition coefficient (Wildman–Crippen LogP) is 3.15. The maximum atomic E-state index is 3.29. The maximum absolute atomic E-state index is 3.29. The lowest BCUT2D eigenvalue weighted by Gasteiger charge is -2.15. The first-order chi connectivity index (χ1) is 8.79. The summed E-state index contributed by atoms with van der Waals surface area (Å²) in [6, 6.07) is 9.34. The first-order valence-electron chi connectivity index (χ1n) is 6.92. The molecule has 0 radical (unpaired) electrons. The van der Waals surface area contributed by atoms with E-state index in [0.717, 1.165) is 0 Å². The lowest BCUT2D eigenvalue weighted by atomic mass is 10.1. The van der Waals surface area contributed by atoms with Gasteiger partial charge >= 0.3 is 0 Å². The fourth-order valence-corrected chi connectivity index (χ4v) is 3.32. The molecule has 18 heavy (non-hydrogen) atoms. The summed E-state index contributed by atoms with van der Waals surface area (Å²) in [6.45, 7) is 6.04. The molecule has 1 aromatic rings. The van der Waals surface area contributed by atoms with Gasteiger partial charge < -0.3 is 10.2 Å². The summed E-state index contributed by atoms with van der Waals surface area (Å²) in [5, 5.41) is 3.29. The molecule has 0 saturated carbocycles. The summed E-state index contributed by atoms with van der Waals surface area (Å²) in [7, 11) is 2.01. The third-order valence-corrected chi connectivity index (χ3v) is 4.64. The van der Waals surface area contributed by atoms with Crippen molar-refractivity contribution in [2.24, 2.45) is 0 Å². The second kappa shape index (κ2) is 7.17. The van der Waals surface area contributed by atoms with Crippen molar-refractivity contribution in [1.82, 2.24) is 10.2 Å². The average molecular weight is 264 g/mol. The number of hydrogen-bond acceptors (Lipinski definition) is 3. The molecule has 100 valence electrons. The second-order valence-corrected chi connectivity index (χ2v) is 6.15. The summed E-state index contributed by atoms with van der Waals surface area (Å²) < 4.78 is 0. The van der Waals surface area contributed by atoms with Crippen LogP contribution in [0.15, 0.2) is 29.2 Å². The Labute approximate surface area is 115 Å². The van der Waals surface area contributed by atoms with Gasteiger partial charge in [0.2, 0.25) is 0 Å². The minimum atomic E-state index is 0.434. The van der Waals surface area contributed by atoms with Gasteiger partial charge in [-0.25, -0.2) is 0 Å². The Hall–Kier alpha value is -0.510. The summed E-state index contributed by atoms with van der Waals surface area (Å²) in [4.78, 5) is 3.97. The molecule has 1 saturated heterocycles. The van der Waals surface area contributed by atoms with E-state index in [1.807, 2.05) is 18.8 Å². The van der Waals surface area contributed by atoms with Crippen LogP contribution in [-0.2, 0) is 0 Å². The van der Waals surface area contributed by atoms with Gasteiger partial charge in [-0.2, -0.15) is 0 Å². The number of thioether (sulfide) groups is 1. The highest BCUT2D eigenvalue weighted by atomic mass is 32.2. The number of hydrogen-bond donors (Lipinski definition) is 1. The molecule has 1 aliphatic rings. The smallest absolute Gasteiger partial charge is 0.0289 e. The van der Waals surface area contributed by atoms with Gasteiger partial charge in [-0.1, -0.05) is 12.1 Å². The van der Waals surface area contributed by atoms with Gasteiger partial charge in [-0.05, 0) is 57.6 Å². The summed E-state index contributed by atoms with van der Waals surface area (Å²) >= 11 is 1.98. The molecule has 2 rings (SSSR count). The van der Waals surface area contributed by atoms with Crippen molar-refractivity contribution in [1.29, 1.82) is 0 Å². The van der Waals surface area contributed by atoms with Crippen LogP contribution in [0.3, 0.4) is 0 Å². The third-order valence-electron chi connectivity index (χ3n) is 3.67. The van der Waals surface area contributed by atoms with Crippen molar-refractivity contribution in [2.45, 2.75) is 30.7 Å². The first-order valence-corrected chi connectivity index (χ1v) is 7.90. The van der Waals surface area contributed by atoms with Gasteiger partial charge in [0.05, 0.1) is 0 Å². The SMILES string of the molecule is CNC(C)c1cccc(SCCN2CCCC2)c1. The molecule has 1 fully saturated rings. The minimum Gasteiger partial charge on any atom is -0.313 e. The van der Waals surface area contributed by atoms with Crippen molar-refractivity contribution in [3.8, 4) is 0 Å². The molecule has 2 nitrogen and oxygen atoms in total. The van der Waals surface area contributed by atoms with E-state index in [2.05, 4.69) is 41.4 Å². The lowest BCUT2D eigenvalue weighted by molar-refractivity contribution is 0.362. The fourth-order valence-electron chi connectivity index (χ4n) is 2.34. The van der Waals surface area contributed by atoms with E-state index in [9.17, 15) is 0 Å². The Balaban J connectivity index is 1.81. The molecule has 0 aliphatic carbocycles. The maximum Gasteiger partial charge on any atom is 0.0289 e. The number of likely N-dealkylation sites (tertiary alicyclic amines) is 1. The van der Waals surface area contributed by atoms with E-state index >= 15 is 0 Å². The second-order valence-electron chi connectivity index (χ2n) is 4.98. The highest BCUT2D eigenvalue weighted by molar-refractivity contribution is 7.99. The molecule has 1 heterocycles. The molecule has 1 aromatic carbocycles. The molecule has 1 atom stereocenters. The van der Waals surface area contributed by atoms with Crippen LogP contribution in [0.25, 0.3) is 0 Å². The van der Waals surface area contributed by atoms with E-state index < -0.39 is 0 Å². The number of rotatable bonds is 6. The first kappa shape index (κ1) is 13.9. The lowest BCUT2D eigenvalue weighted by Crippen LogP contribution is -2.21. The third kappa shape index (κ3) is 4.01. The summed E-state index contributed by atoms with van der Waals surface area (Å²) in [6.07, 6.45) is 2.78. The van der Waals surface area contributed by atoms with E-state index in [1.165, 1.54) is 48.7 Å². The number of benzene rings is 1. The highest BCUT2D eigenvalue weighted by Gasteiger charge is 2.10. The molecule has 0 spiro atoms. The zero-order chi connectivity index (χ0) is 12.8. The molecule has 0 bridgehead atoms. The van der Waals surface area contributed by atoms with Crippen molar-refractivity contribution in [2.75, 3.05) is 32.4 Å². The van der Waals surface area contributed by atoms with Crippen LogP contribution in [0.4, 0.5) is 0 Å². The average Bonchev–Trinajstić information content (AvgIpc) is 2.91.